The van der Waals surface area contributed by atoms with Crippen molar-refractivity contribution in [1.29, 1.82) is 0 Å². The number of methoxy groups -OCH3 is 3. The molecule has 1 unspecified atom stereocenters. The highest BCUT2D eigenvalue weighted by atomic mass is 32.1. The predicted molar refractivity (Wildman–Crippen MR) is 190 cm³/mol. The summed E-state index contributed by atoms with van der Waals surface area (Å²) in [5.74, 6) is 2.48. The molecule has 1 atom stereocenters. The van der Waals surface area contributed by atoms with E-state index in [1.165, 1.54) is 11.5 Å². The second-order valence-corrected chi connectivity index (χ2v) is 14.1. The fourth-order valence-electron chi connectivity index (χ4n) is 7.35. The Bertz CT molecular complexity index is 1890. The lowest BCUT2D eigenvalue weighted by Gasteiger charge is -2.40. The second-order valence-electron chi connectivity index (χ2n) is 13.3. The van der Waals surface area contributed by atoms with Crippen LogP contribution < -0.4 is 29.3 Å². The number of anilines is 3. The molecule has 11 heteroatoms. The first kappa shape index (κ1) is 31.8. The van der Waals surface area contributed by atoms with Crippen LogP contribution in [0, 0.1) is 5.41 Å². The lowest BCUT2D eigenvalue weighted by Crippen LogP contribution is -2.52. The van der Waals surface area contributed by atoms with Gasteiger partial charge in [-0.15, -0.1) is 0 Å². The third-order valence-corrected chi connectivity index (χ3v) is 10.4. The number of aromatic nitrogens is 1. The van der Waals surface area contributed by atoms with Crippen molar-refractivity contribution in [2.24, 2.45) is 5.41 Å². The molecule has 1 aliphatic carbocycles. The van der Waals surface area contributed by atoms with Crippen molar-refractivity contribution in [3.8, 4) is 17.2 Å². The summed E-state index contributed by atoms with van der Waals surface area (Å²) in [4.78, 5) is 34.8. The number of ether oxygens (including phenoxy) is 3. The zero-order valence-electron chi connectivity index (χ0n) is 28.0. The standard InChI is InChI=1S/C37H41N5O5S/c1-37(2)20-26-33(28(43)21-37)34(23-18-29(45-3)35(47-5)30(19-23)46-4)42(27-12-8-7-11-25(27)38-26)22-32(44)40-14-16-41(17-15-40)36-24-10-6-9-13-31(24)48-39-36/h6-13,18-19,34,38H,14-17,20-22H2,1-5H3. The predicted octanol–water partition coefficient (Wildman–Crippen LogP) is 6.29. The van der Waals surface area contributed by atoms with Crippen LogP contribution in [0.4, 0.5) is 17.2 Å². The third-order valence-electron chi connectivity index (χ3n) is 9.60. The summed E-state index contributed by atoms with van der Waals surface area (Å²) in [5, 5.41) is 4.78. The van der Waals surface area contributed by atoms with Gasteiger partial charge in [-0.05, 0) is 65.3 Å². The van der Waals surface area contributed by atoms with Crippen LogP contribution in [0.1, 0.15) is 38.3 Å². The summed E-state index contributed by atoms with van der Waals surface area (Å²) in [7, 11) is 4.74. The van der Waals surface area contributed by atoms with Crippen molar-refractivity contribution < 1.29 is 23.8 Å². The van der Waals surface area contributed by atoms with E-state index in [0.29, 0.717) is 61.8 Å². The van der Waals surface area contributed by atoms with Crippen LogP contribution >= 0.6 is 11.5 Å². The molecule has 1 N–H and O–H groups in total. The Morgan fingerprint density at radius 2 is 1.62 bits per heavy atom. The molecule has 2 aliphatic heterocycles. The summed E-state index contributed by atoms with van der Waals surface area (Å²) in [6.45, 7) is 6.86. The van der Waals surface area contributed by atoms with Gasteiger partial charge >= 0.3 is 0 Å². The van der Waals surface area contributed by atoms with E-state index in [1.807, 2.05) is 53.4 Å². The SMILES string of the molecule is COc1cc(C2C3=C(CC(C)(C)CC3=O)Nc3ccccc3N2CC(=O)N2CCN(c3nsc4ccccc34)CC2)cc(OC)c1OC. The highest BCUT2D eigenvalue weighted by Crippen LogP contribution is 2.50. The number of piperazine rings is 1. The van der Waals surface area contributed by atoms with Crippen LogP contribution in [0.5, 0.6) is 17.2 Å². The van der Waals surface area contributed by atoms with Crippen LogP contribution in [0.3, 0.4) is 0 Å². The largest absolute Gasteiger partial charge is 0.493 e. The molecule has 0 saturated carbocycles. The van der Waals surface area contributed by atoms with Crippen molar-refractivity contribution in [1.82, 2.24) is 9.27 Å². The van der Waals surface area contributed by atoms with E-state index in [2.05, 4.69) is 41.1 Å². The molecule has 7 rings (SSSR count). The monoisotopic (exact) mass is 667 g/mol. The van der Waals surface area contributed by atoms with Gasteiger partial charge in [0.25, 0.3) is 0 Å². The molecule has 250 valence electrons. The molecular weight excluding hydrogens is 627 g/mol. The maximum Gasteiger partial charge on any atom is 0.242 e. The minimum absolute atomic E-state index is 0.00216. The van der Waals surface area contributed by atoms with Gasteiger partial charge in [0, 0.05) is 49.3 Å². The van der Waals surface area contributed by atoms with Gasteiger partial charge in [0.2, 0.25) is 11.7 Å². The molecule has 1 amide bonds. The zero-order chi connectivity index (χ0) is 33.6. The topological polar surface area (TPSA) is 96.5 Å². The number of amides is 1. The quantitative estimate of drug-likeness (QED) is 0.244. The highest BCUT2D eigenvalue weighted by Gasteiger charge is 2.43. The van der Waals surface area contributed by atoms with Crippen LogP contribution in [-0.2, 0) is 9.59 Å². The van der Waals surface area contributed by atoms with Crippen molar-refractivity contribution in [2.75, 3.05) is 69.2 Å². The molecule has 4 aromatic rings. The Morgan fingerprint density at radius 1 is 0.938 bits per heavy atom. The number of allylic oxidation sites excluding steroid dienone is 1. The molecule has 10 nitrogen and oxygen atoms in total. The zero-order valence-corrected chi connectivity index (χ0v) is 28.9. The number of carbonyl (C=O) groups excluding carboxylic acids is 2. The Hall–Kier alpha value is -4.77. The summed E-state index contributed by atoms with van der Waals surface area (Å²) in [6, 6.07) is 19.4. The van der Waals surface area contributed by atoms with E-state index in [-0.39, 0.29) is 23.7 Å². The van der Waals surface area contributed by atoms with Gasteiger partial charge in [-0.1, -0.05) is 38.1 Å². The van der Waals surface area contributed by atoms with Crippen molar-refractivity contribution in [3.05, 3.63) is 77.5 Å². The van der Waals surface area contributed by atoms with Crippen LogP contribution in [-0.4, -0.2) is 75.0 Å². The number of fused-ring (bicyclic) bond motifs is 2. The lowest BCUT2D eigenvalue weighted by atomic mass is 9.73. The minimum Gasteiger partial charge on any atom is -0.493 e. The first-order chi connectivity index (χ1) is 23.2. The Labute approximate surface area is 285 Å². The maximum absolute atomic E-state index is 14.3. The van der Waals surface area contributed by atoms with E-state index in [9.17, 15) is 9.59 Å². The molecule has 1 fully saturated rings. The normalized spacial score (nSPS) is 19.0. The smallest absolute Gasteiger partial charge is 0.242 e. The molecule has 48 heavy (non-hydrogen) atoms. The van der Waals surface area contributed by atoms with Gasteiger partial charge in [-0.2, -0.15) is 4.37 Å². The third kappa shape index (κ3) is 5.70. The molecule has 1 saturated heterocycles. The van der Waals surface area contributed by atoms with Crippen LogP contribution in [0.2, 0.25) is 0 Å². The average molecular weight is 668 g/mol. The highest BCUT2D eigenvalue weighted by molar-refractivity contribution is 7.13. The molecule has 0 radical (unpaired) electrons. The Morgan fingerprint density at radius 3 is 2.33 bits per heavy atom. The van der Waals surface area contributed by atoms with Gasteiger partial charge < -0.3 is 34.2 Å². The van der Waals surface area contributed by atoms with Crippen molar-refractivity contribution >= 4 is 50.5 Å². The van der Waals surface area contributed by atoms with Gasteiger partial charge in [-0.25, -0.2) is 0 Å². The van der Waals surface area contributed by atoms with Gasteiger partial charge in [0.15, 0.2) is 17.3 Å². The van der Waals surface area contributed by atoms with Gasteiger partial charge in [0.1, 0.15) is 5.82 Å². The van der Waals surface area contributed by atoms with E-state index in [4.69, 9.17) is 18.6 Å². The van der Waals surface area contributed by atoms with Crippen LogP contribution in [0.25, 0.3) is 10.1 Å². The number of carbonyl (C=O) groups is 2. The average Bonchev–Trinajstić information content (AvgIpc) is 3.47. The fourth-order valence-corrected chi connectivity index (χ4v) is 8.14. The Balaban J connectivity index is 1.27. The molecule has 0 spiro atoms. The molecule has 3 heterocycles. The molecule has 3 aliphatic rings. The van der Waals surface area contributed by atoms with E-state index in [1.54, 1.807) is 21.3 Å². The summed E-state index contributed by atoms with van der Waals surface area (Å²) in [5.41, 5.74) is 3.80. The fraction of sp³-hybridized carbons (Fsp3) is 0.378. The molecule has 3 aromatic carbocycles. The molecule has 0 bridgehead atoms. The Kier molecular flexibility index (Phi) is 8.41. The summed E-state index contributed by atoms with van der Waals surface area (Å²) in [6.07, 6.45) is 1.10. The number of nitrogens with zero attached hydrogens (tertiary/aromatic N) is 4. The van der Waals surface area contributed by atoms with Gasteiger partial charge in [0.05, 0.1) is 50.0 Å². The van der Waals surface area contributed by atoms with E-state index < -0.39 is 6.04 Å². The number of nitrogens with one attached hydrogen (secondary N) is 1. The maximum atomic E-state index is 14.3. The van der Waals surface area contributed by atoms with Crippen molar-refractivity contribution in [2.45, 2.75) is 32.7 Å². The number of benzene rings is 3. The van der Waals surface area contributed by atoms with E-state index >= 15 is 0 Å². The molecule has 1 aromatic heterocycles. The number of hydrogen-bond donors (Lipinski definition) is 1. The first-order valence-electron chi connectivity index (χ1n) is 16.3. The number of ketones is 1. The summed E-state index contributed by atoms with van der Waals surface area (Å²) < 4.78 is 23.1. The minimum atomic E-state index is -0.583. The van der Waals surface area contributed by atoms with Gasteiger partial charge in [-0.3, -0.25) is 9.59 Å². The number of para-hydroxylation sites is 2. The van der Waals surface area contributed by atoms with E-state index in [0.717, 1.165) is 38.5 Å². The first-order valence-corrected chi connectivity index (χ1v) is 17.0. The van der Waals surface area contributed by atoms with Crippen molar-refractivity contribution in [3.63, 3.8) is 0 Å². The lowest BCUT2D eigenvalue weighted by molar-refractivity contribution is -0.130. The number of rotatable bonds is 7. The number of hydrogen-bond acceptors (Lipinski definition) is 10. The second kappa shape index (κ2) is 12.7. The summed E-state index contributed by atoms with van der Waals surface area (Å²) >= 11 is 1.51. The number of Topliss-reactive ketones (excluding diaryl/α,β-unsaturated/α-hetero) is 1. The van der Waals surface area contributed by atoms with Crippen LogP contribution in [0.15, 0.2) is 71.9 Å². The molecular formula is C37H41N5O5S.